The summed E-state index contributed by atoms with van der Waals surface area (Å²) in [5, 5.41) is 19.1. The molecule has 0 unspecified atom stereocenters. The van der Waals surface area contributed by atoms with Gasteiger partial charge in [-0.3, -0.25) is 5.32 Å². The monoisotopic (exact) mass is 377 g/mol. The van der Waals surface area contributed by atoms with Crippen LogP contribution in [0.4, 0.5) is 22.1 Å². The van der Waals surface area contributed by atoms with Crippen molar-refractivity contribution in [3.05, 3.63) is 60.2 Å². The van der Waals surface area contributed by atoms with Gasteiger partial charge in [0.2, 0.25) is 0 Å². The molecule has 28 heavy (non-hydrogen) atoms. The molecule has 8 heteroatoms. The number of carboxylic acids is 1. The van der Waals surface area contributed by atoms with Gasteiger partial charge in [-0.2, -0.15) is 5.10 Å². The number of urea groups is 1. The van der Waals surface area contributed by atoms with E-state index in [2.05, 4.69) is 15.7 Å². The number of rotatable bonds is 4. The highest BCUT2D eigenvalue weighted by molar-refractivity contribution is 5.92. The number of nitrogens with zero attached hydrogens (tertiary/aromatic N) is 3. The van der Waals surface area contributed by atoms with Crippen molar-refractivity contribution in [1.82, 2.24) is 15.1 Å². The van der Waals surface area contributed by atoms with Crippen LogP contribution in [0.5, 0.6) is 0 Å². The molecule has 0 atom stereocenters. The first-order chi connectivity index (χ1) is 13.5. The topological polar surface area (TPSA) is 99.5 Å². The molecule has 142 valence electrons. The van der Waals surface area contributed by atoms with E-state index in [0.717, 1.165) is 22.6 Å². The number of anilines is 3. The van der Waals surface area contributed by atoms with Crippen LogP contribution in [-0.4, -0.2) is 40.5 Å². The highest BCUT2D eigenvalue weighted by atomic mass is 16.4. The molecule has 0 aliphatic carbocycles. The largest absolute Gasteiger partial charge is 0.478 e. The van der Waals surface area contributed by atoms with Crippen LogP contribution < -0.4 is 15.5 Å². The number of aromatic nitrogens is 2. The number of amides is 2. The Balaban J connectivity index is 1.73. The summed E-state index contributed by atoms with van der Waals surface area (Å²) >= 11 is 0. The molecule has 0 radical (unpaired) electrons. The number of nitrogens with one attached hydrogen (secondary N) is 2. The molecule has 1 aromatic heterocycles. The van der Waals surface area contributed by atoms with Crippen LogP contribution in [0.25, 0.3) is 11.1 Å². The van der Waals surface area contributed by atoms with Gasteiger partial charge < -0.3 is 15.3 Å². The quantitative estimate of drug-likeness (QED) is 0.649. The molecule has 1 aliphatic heterocycles. The molecular formula is C20H19N5O3. The van der Waals surface area contributed by atoms with Crippen LogP contribution >= 0.6 is 0 Å². The highest BCUT2D eigenvalue weighted by Crippen LogP contribution is 2.35. The molecule has 0 saturated carbocycles. The fraction of sp³-hybridized carbons (Fsp3) is 0.150. The number of fused-ring (bicyclic) bond motifs is 1. The number of carboxylic acid groups (broad SMARTS) is 1. The SMILES string of the molecule is CNC(=O)Nc1cc2n(n1)CCN2c1cc(C(=O)O)cc(-c2ccccc2)c1. The summed E-state index contributed by atoms with van der Waals surface area (Å²) in [6, 6.07) is 16.4. The van der Waals surface area contributed by atoms with E-state index < -0.39 is 5.97 Å². The van der Waals surface area contributed by atoms with E-state index in [1.165, 1.54) is 7.05 Å². The van der Waals surface area contributed by atoms with E-state index in [4.69, 9.17) is 0 Å². The highest BCUT2D eigenvalue weighted by Gasteiger charge is 2.24. The first-order valence-corrected chi connectivity index (χ1v) is 8.83. The van der Waals surface area contributed by atoms with Crippen molar-refractivity contribution < 1.29 is 14.7 Å². The summed E-state index contributed by atoms with van der Waals surface area (Å²) in [5.41, 5.74) is 2.76. The van der Waals surface area contributed by atoms with Crippen LogP contribution in [0.3, 0.4) is 0 Å². The third-order valence-electron chi connectivity index (χ3n) is 4.62. The van der Waals surface area contributed by atoms with Gasteiger partial charge in [-0.1, -0.05) is 30.3 Å². The second-order valence-corrected chi connectivity index (χ2v) is 6.41. The summed E-state index contributed by atoms with van der Waals surface area (Å²) < 4.78 is 1.79. The van der Waals surface area contributed by atoms with Crippen molar-refractivity contribution >= 4 is 29.3 Å². The molecule has 3 aromatic rings. The molecule has 0 spiro atoms. The zero-order valence-electron chi connectivity index (χ0n) is 15.2. The third-order valence-corrected chi connectivity index (χ3v) is 4.62. The minimum Gasteiger partial charge on any atom is -0.478 e. The Morgan fingerprint density at radius 3 is 2.54 bits per heavy atom. The van der Waals surface area contributed by atoms with Crippen molar-refractivity contribution in [3.8, 4) is 11.1 Å². The smallest absolute Gasteiger partial charge is 0.335 e. The Kier molecular flexibility index (Phi) is 4.44. The van der Waals surface area contributed by atoms with Crippen molar-refractivity contribution in [1.29, 1.82) is 0 Å². The van der Waals surface area contributed by atoms with Gasteiger partial charge in [0.25, 0.3) is 0 Å². The average Bonchev–Trinajstić information content (AvgIpc) is 3.28. The lowest BCUT2D eigenvalue weighted by molar-refractivity contribution is 0.0697. The van der Waals surface area contributed by atoms with Crippen LogP contribution in [-0.2, 0) is 6.54 Å². The van der Waals surface area contributed by atoms with Gasteiger partial charge in [-0.15, -0.1) is 0 Å². The lowest BCUT2D eigenvalue weighted by Crippen LogP contribution is -2.24. The summed E-state index contributed by atoms with van der Waals surface area (Å²) in [7, 11) is 1.54. The van der Waals surface area contributed by atoms with Gasteiger partial charge in [-0.25, -0.2) is 14.3 Å². The fourth-order valence-electron chi connectivity index (χ4n) is 3.29. The van der Waals surface area contributed by atoms with Gasteiger partial charge >= 0.3 is 12.0 Å². The molecule has 2 aromatic carbocycles. The summed E-state index contributed by atoms with van der Waals surface area (Å²) in [5.74, 6) is 0.262. The number of hydrogen-bond acceptors (Lipinski definition) is 4. The first kappa shape index (κ1) is 17.6. The zero-order chi connectivity index (χ0) is 19.7. The molecule has 0 fully saturated rings. The molecule has 3 N–H and O–H groups in total. The normalized spacial score (nSPS) is 12.5. The number of carbonyl (C=O) groups excluding carboxylic acids is 1. The Hall–Kier alpha value is -3.81. The summed E-state index contributed by atoms with van der Waals surface area (Å²) in [6.45, 7) is 1.31. The van der Waals surface area contributed by atoms with Gasteiger partial charge in [0, 0.05) is 25.3 Å². The van der Waals surface area contributed by atoms with Crippen molar-refractivity contribution in [3.63, 3.8) is 0 Å². The van der Waals surface area contributed by atoms with Gasteiger partial charge in [-0.05, 0) is 29.3 Å². The van der Waals surface area contributed by atoms with E-state index in [1.807, 2.05) is 41.3 Å². The van der Waals surface area contributed by atoms with Crippen LogP contribution in [0.15, 0.2) is 54.6 Å². The molecule has 0 bridgehead atoms. The average molecular weight is 377 g/mol. The number of aromatic carboxylic acids is 1. The van der Waals surface area contributed by atoms with Gasteiger partial charge in [0.1, 0.15) is 5.82 Å². The first-order valence-electron chi connectivity index (χ1n) is 8.83. The zero-order valence-corrected chi connectivity index (χ0v) is 15.2. The second-order valence-electron chi connectivity index (χ2n) is 6.41. The number of hydrogen-bond donors (Lipinski definition) is 3. The van der Waals surface area contributed by atoms with Crippen molar-refractivity contribution in [2.24, 2.45) is 0 Å². The maximum Gasteiger partial charge on any atom is 0.335 e. The van der Waals surface area contributed by atoms with Crippen molar-refractivity contribution in [2.45, 2.75) is 6.54 Å². The molecular weight excluding hydrogens is 358 g/mol. The predicted molar refractivity (Wildman–Crippen MR) is 106 cm³/mol. The molecule has 1 aliphatic rings. The molecule has 2 amide bonds. The Morgan fingerprint density at radius 1 is 1.04 bits per heavy atom. The molecule has 2 heterocycles. The standard InChI is InChI=1S/C20H19N5O3/c1-21-20(28)22-17-12-18-24(7-8-25(18)23-17)16-10-14(9-15(11-16)19(26)27)13-5-3-2-4-6-13/h2-6,9-12H,7-8H2,1H3,(H,26,27)(H2,21,22,23,28). The Labute approximate surface area is 161 Å². The van der Waals surface area contributed by atoms with E-state index in [-0.39, 0.29) is 11.6 Å². The Morgan fingerprint density at radius 2 is 1.82 bits per heavy atom. The number of benzene rings is 2. The maximum atomic E-state index is 11.7. The van der Waals surface area contributed by atoms with Gasteiger partial charge in [0.05, 0.1) is 12.1 Å². The molecule has 8 nitrogen and oxygen atoms in total. The van der Waals surface area contributed by atoms with Crippen LogP contribution in [0, 0.1) is 0 Å². The van der Waals surface area contributed by atoms with Crippen LogP contribution in [0.1, 0.15) is 10.4 Å². The fourth-order valence-corrected chi connectivity index (χ4v) is 3.29. The predicted octanol–water partition coefficient (Wildman–Crippen LogP) is 3.15. The van der Waals surface area contributed by atoms with E-state index >= 15 is 0 Å². The minimum atomic E-state index is -0.978. The lowest BCUT2D eigenvalue weighted by Gasteiger charge is -2.19. The number of carbonyl (C=O) groups is 2. The Bertz CT molecular complexity index is 1050. The third kappa shape index (κ3) is 3.27. The van der Waals surface area contributed by atoms with E-state index in [0.29, 0.717) is 18.9 Å². The lowest BCUT2D eigenvalue weighted by atomic mass is 10.0. The van der Waals surface area contributed by atoms with E-state index in [9.17, 15) is 14.7 Å². The molecule has 0 saturated heterocycles. The van der Waals surface area contributed by atoms with Crippen molar-refractivity contribution in [2.75, 3.05) is 23.8 Å². The minimum absolute atomic E-state index is 0.220. The maximum absolute atomic E-state index is 11.7. The van der Waals surface area contributed by atoms with E-state index in [1.54, 1.807) is 22.9 Å². The summed E-state index contributed by atoms with van der Waals surface area (Å²) in [4.78, 5) is 25.2. The van der Waals surface area contributed by atoms with Crippen LogP contribution in [0.2, 0.25) is 0 Å². The second kappa shape index (κ2) is 7.07. The van der Waals surface area contributed by atoms with Gasteiger partial charge in [0.15, 0.2) is 5.82 Å². The molecule has 4 rings (SSSR count). The summed E-state index contributed by atoms with van der Waals surface area (Å²) in [6.07, 6.45) is 0.